The van der Waals surface area contributed by atoms with Gasteiger partial charge in [-0.05, 0) is 18.2 Å². The zero-order valence-corrected chi connectivity index (χ0v) is 7.78. The average Bonchev–Trinajstić information content (AvgIpc) is 2.71. The number of aromatic carboxylic acids is 1. The third-order valence-electron chi connectivity index (χ3n) is 1.94. The Bertz CT molecular complexity index is 551. The Kier molecular flexibility index (Phi) is 2.40. The molecule has 1 aromatic heterocycles. The molecule has 0 saturated carbocycles. The minimum atomic E-state index is -1.28. The van der Waals surface area contributed by atoms with Gasteiger partial charge in [0.05, 0.1) is 0 Å². The highest BCUT2D eigenvalue weighted by atomic mass is 19.2. The van der Waals surface area contributed by atoms with Gasteiger partial charge in [0.15, 0.2) is 11.6 Å². The van der Waals surface area contributed by atoms with Crippen LogP contribution >= 0.6 is 0 Å². The minimum Gasteiger partial charge on any atom is -0.475 e. The molecule has 4 nitrogen and oxygen atoms in total. The van der Waals surface area contributed by atoms with Crippen molar-refractivity contribution >= 4 is 5.97 Å². The predicted molar refractivity (Wildman–Crippen MR) is 48.8 cm³/mol. The fourth-order valence-electron chi connectivity index (χ4n) is 1.17. The zero-order valence-electron chi connectivity index (χ0n) is 7.78. The van der Waals surface area contributed by atoms with Gasteiger partial charge in [0, 0.05) is 11.6 Å². The summed E-state index contributed by atoms with van der Waals surface area (Å²) in [5.41, 5.74) is 0.381. The maximum atomic E-state index is 12.9. The Hall–Kier alpha value is -2.24. The molecule has 16 heavy (non-hydrogen) atoms. The first-order chi connectivity index (χ1) is 7.58. The highest BCUT2D eigenvalue weighted by Gasteiger charge is 2.13. The van der Waals surface area contributed by atoms with Crippen LogP contribution in [0.25, 0.3) is 11.3 Å². The van der Waals surface area contributed by atoms with Crippen molar-refractivity contribution in [3.8, 4) is 11.3 Å². The molecule has 0 radical (unpaired) electrons. The number of hydrogen-bond donors (Lipinski definition) is 1. The van der Waals surface area contributed by atoms with E-state index in [1.54, 1.807) is 0 Å². The van der Waals surface area contributed by atoms with Crippen LogP contribution in [0.5, 0.6) is 0 Å². The first-order valence-electron chi connectivity index (χ1n) is 4.23. The van der Waals surface area contributed by atoms with Gasteiger partial charge < -0.3 is 9.63 Å². The van der Waals surface area contributed by atoms with Crippen LogP contribution in [-0.2, 0) is 0 Å². The number of carboxylic acids is 1. The van der Waals surface area contributed by atoms with E-state index < -0.39 is 17.6 Å². The normalized spacial score (nSPS) is 10.4. The second kappa shape index (κ2) is 3.73. The van der Waals surface area contributed by atoms with Crippen LogP contribution in [0.1, 0.15) is 10.6 Å². The molecule has 0 atom stereocenters. The fraction of sp³-hybridized carbons (Fsp3) is 0. The van der Waals surface area contributed by atoms with Crippen LogP contribution in [0.4, 0.5) is 8.78 Å². The summed E-state index contributed by atoms with van der Waals surface area (Å²) in [5, 5.41) is 12.0. The number of aromatic nitrogens is 1. The number of carbonyl (C=O) groups is 1. The quantitative estimate of drug-likeness (QED) is 0.851. The van der Waals surface area contributed by atoms with Crippen molar-refractivity contribution in [3.05, 3.63) is 41.7 Å². The van der Waals surface area contributed by atoms with E-state index in [2.05, 4.69) is 9.68 Å². The Morgan fingerprint density at radius 3 is 2.56 bits per heavy atom. The SMILES string of the molecule is O=C(O)c1cc(-c2ccc(F)c(F)c2)no1. The lowest BCUT2D eigenvalue weighted by atomic mass is 10.1. The summed E-state index contributed by atoms with van der Waals surface area (Å²) in [4.78, 5) is 10.5. The van der Waals surface area contributed by atoms with E-state index >= 15 is 0 Å². The lowest BCUT2D eigenvalue weighted by molar-refractivity contribution is 0.0652. The van der Waals surface area contributed by atoms with E-state index in [1.807, 2.05) is 0 Å². The molecule has 1 N–H and O–H groups in total. The molecular formula is C10H5F2NO3. The molecule has 0 aliphatic rings. The standard InChI is InChI=1S/C10H5F2NO3/c11-6-2-1-5(3-7(6)12)8-4-9(10(14)15)16-13-8/h1-4H,(H,14,15). The lowest BCUT2D eigenvalue weighted by Crippen LogP contribution is -1.91. The number of nitrogens with zero attached hydrogens (tertiary/aromatic N) is 1. The molecule has 0 amide bonds. The van der Waals surface area contributed by atoms with Crippen LogP contribution in [0.3, 0.4) is 0 Å². The van der Waals surface area contributed by atoms with Crippen LogP contribution in [-0.4, -0.2) is 16.2 Å². The van der Waals surface area contributed by atoms with E-state index in [0.717, 1.165) is 18.2 Å². The van der Waals surface area contributed by atoms with Crippen LogP contribution in [0.15, 0.2) is 28.8 Å². The summed E-state index contributed by atoms with van der Waals surface area (Å²) in [6, 6.07) is 4.26. The fourth-order valence-corrected chi connectivity index (χ4v) is 1.17. The molecule has 1 heterocycles. The molecule has 0 spiro atoms. The Labute approximate surface area is 88.1 Å². The topological polar surface area (TPSA) is 63.3 Å². The lowest BCUT2D eigenvalue weighted by Gasteiger charge is -1.95. The Morgan fingerprint density at radius 2 is 2.00 bits per heavy atom. The molecule has 0 unspecified atom stereocenters. The van der Waals surface area contributed by atoms with Crippen LogP contribution < -0.4 is 0 Å². The van der Waals surface area contributed by atoms with Crippen LogP contribution in [0, 0.1) is 11.6 Å². The van der Waals surface area contributed by atoms with E-state index in [0.29, 0.717) is 0 Å². The van der Waals surface area contributed by atoms with Crippen molar-refractivity contribution in [2.75, 3.05) is 0 Å². The van der Waals surface area contributed by atoms with E-state index in [1.165, 1.54) is 6.07 Å². The van der Waals surface area contributed by atoms with Gasteiger partial charge in [-0.1, -0.05) is 5.16 Å². The van der Waals surface area contributed by atoms with Gasteiger partial charge in [0.25, 0.3) is 0 Å². The van der Waals surface area contributed by atoms with Gasteiger partial charge in [-0.15, -0.1) is 0 Å². The van der Waals surface area contributed by atoms with Gasteiger partial charge in [-0.25, -0.2) is 13.6 Å². The summed E-state index contributed by atoms with van der Waals surface area (Å²) in [5.74, 6) is -3.65. The molecule has 82 valence electrons. The van der Waals surface area contributed by atoms with Crippen molar-refractivity contribution in [2.24, 2.45) is 0 Å². The number of hydrogen-bond acceptors (Lipinski definition) is 3. The molecule has 6 heteroatoms. The monoisotopic (exact) mass is 225 g/mol. The molecule has 0 aliphatic heterocycles. The van der Waals surface area contributed by atoms with Crippen molar-refractivity contribution in [1.82, 2.24) is 5.16 Å². The summed E-state index contributed by atoms with van der Waals surface area (Å²) in [6.07, 6.45) is 0. The van der Waals surface area contributed by atoms with Gasteiger partial charge in [-0.3, -0.25) is 0 Å². The van der Waals surface area contributed by atoms with E-state index in [4.69, 9.17) is 5.11 Å². The smallest absolute Gasteiger partial charge is 0.374 e. The first-order valence-corrected chi connectivity index (χ1v) is 4.23. The molecule has 0 saturated heterocycles. The molecule has 0 aliphatic carbocycles. The van der Waals surface area contributed by atoms with E-state index in [-0.39, 0.29) is 17.0 Å². The zero-order chi connectivity index (χ0) is 11.7. The number of carboxylic acid groups (broad SMARTS) is 1. The highest BCUT2D eigenvalue weighted by molar-refractivity contribution is 5.85. The molecule has 2 rings (SSSR count). The number of rotatable bonds is 2. The summed E-state index contributed by atoms with van der Waals surface area (Å²) in [7, 11) is 0. The van der Waals surface area contributed by atoms with Crippen molar-refractivity contribution in [2.45, 2.75) is 0 Å². The first kappa shape index (κ1) is 10.3. The third kappa shape index (κ3) is 1.77. The maximum Gasteiger partial charge on any atom is 0.374 e. The summed E-state index contributed by atoms with van der Waals surface area (Å²) in [6.45, 7) is 0. The van der Waals surface area contributed by atoms with Gasteiger partial charge in [-0.2, -0.15) is 0 Å². The van der Waals surface area contributed by atoms with Gasteiger partial charge in [0.1, 0.15) is 5.69 Å². The molecule has 0 fully saturated rings. The molecule has 1 aromatic carbocycles. The number of halogens is 2. The Morgan fingerprint density at radius 1 is 1.25 bits per heavy atom. The Balaban J connectivity index is 2.42. The predicted octanol–water partition coefficient (Wildman–Crippen LogP) is 2.32. The van der Waals surface area contributed by atoms with Crippen molar-refractivity contribution in [3.63, 3.8) is 0 Å². The largest absolute Gasteiger partial charge is 0.475 e. The average molecular weight is 225 g/mol. The minimum absolute atomic E-state index is 0.135. The third-order valence-corrected chi connectivity index (χ3v) is 1.94. The molecular weight excluding hydrogens is 220 g/mol. The van der Waals surface area contributed by atoms with Crippen molar-refractivity contribution in [1.29, 1.82) is 0 Å². The van der Waals surface area contributed by atoms with E-state index in [9.17, 15) is 13.6 Å². The second-order valence-corrected chi connectivity index (χ2v) is 3.01. The number of benzene rings is 1. The summed E-state index contributed by atoms with van der Waals surface area (Å²) >= 11 is 0. The van der Waals surface area contributed by atoms with Crippen LogP contribution in [0.2, 0.25) is 0 Å². The molecule has 2 aromatic rings. The maximum absolute atomic E-state index is 12.9. The van der Waals surface area contributed by atoms with Gasteiger partial charge >= 0.3 is 5.97 Å². The second-order valence-electron chi connectivity index (χ2n) is 3.01. The van der Waals surface area contributed by atoms with Crippen molar-refractivity contribution < 1.29 is 23.2 Å². The molecule has 0 bridgehead atoms. The highest BCUT2D eigenvalue weighted by Crippen LogP contribution is 2.21. The summed E-state index contributed by atoms with van der Waals surface area (Å²) < 4.78 is 30.0. The van der Waals surface area contributed by atoms with Gasteiger partial charge in [0.2, 0.25) is 5.76 Å².